The number of nitrogens with one attached hydrogen (secondary N) is 2. The Morgan fingerprint density at radius 1 is 1.38 bits per heavy atom. The van der Waals surface area contributed by atoms with E-state index in [1.54, 1.807) is 19.1 Å². The Balaban J connectivity index is 1.77. The van der Waals surface area contributed by atoms with Crippen LogP contribution in [0.3, 0.4) is 0 Å². The summed E-state index contributed by atoms with van der Waals surface area (Å²) in [5.41, 5.74) is 0. The van der Waals surface area contributed by atoms with E-state index in [2.05, 4.69) is 17.6 Å². The van der Waals surface area contributed by atoms with Crippen molar-refractivity contribution in [2.75, 3.05) is 6.61 Å². The number of carbonyl (C=O) groups is 2. The highest BCUT2D eigenvalue weighted by molar-refractivity contribution is 5.86. The lowest BCUT2D eigenvalue weighted by Gasteiger charge is -2.17. The molecular formula is C15H22N2O4. The molecule has 0 aromatic carbocycles. The number of rotatable bonds is 5. The van der Waals surface area contributed by atoms with Crippen LogP contribution >= 0.6 is 0 Å². The van der Waals surface area contributed by atoms with Gasteiger partial charge in [0.05, 0.1) is 13.2 Å². The molecule has 2 amide bonds. The summed E-state index contributed by atoms with van der Waals surface area (Å²) in [6, 6.07) is 3.25. The van der Waals surface area contributed by atoms with Gasteiger partial charge in [0.2, 0.25) is 5.76 Å². The van der Waals surface area contributed by atoms with Gasteiger partial charge in [0, 0.05) is 6.04 Å². The molecule has 6 nitrogen and oxygen atoms in total. The lowest BCUT2D eigenvalue weighted by Crippen LogP contribution is -2.42. The van der Waals surface area contributed by atoms with Crippen molar-refractivity contribution < 1.29 is 18.7 Å². The first-order chi connectivity index (χ1) is 10.1. The predicted molar refractivity (Wildman–Crippen MR) is 76.8 cm³/mol. The van der Waals surface area contributed by atoms with Gasteiger partial charge in [-0.1, -0.05) is 13.3 Å². The first-order valence-corrected chi connectivity index (χ1v) is 7.40. The van der Waals surface area contributed by atoms with Gasteiger partial charge in [-0.25, -0.2) is 9.59 Å². The fourth-order valence-electron chi connectivity index (χ4n) is 2.53. The summed E-state index contributed by atoms with van der Waals surface area (Å²) >= 11 is 0. The molecule has 0 radical (unpaired) electrons. The van der Waals surface area contributed by atoms with Gasteiger partial charge in [-0.05, 0) is 37.8 Å². The Labute approximate surface area is 124 Å². The number of amides is 2. The van der Waals surface area contributed by atoms with E-state index in [-0.39, 0.29) is 24.4 Å². The van der Waals surface area contributed by atoms with Crippen molar-refractivity contribution in [2.45, 2.75) is 45.7 Å². The molecule has 1 aromatic heterocycles. The molecule has 1 saturated carbocycles. The first kappa shape index (κ1) is 15.4. The summed E-state index contributed by atoms with van der Waals surface area (Å²) in [6.45, 7) is 4.43. The van der Waals surface area contributed by atoms with E-state index < -0.39 is 5.97 Å². The average molecular weight is 294 g/mol. The highest BCUT2D eigenvalue weighted by Gasteiger charge is 2.24. The molecule has 0 unspecified atom stereocenters. The third kappa shape index (κ3) is 4.24. The zero-order valence-electron chi connectivity index (χ0n) is 12.5. The van der Waals surface area contributed by atoms with E-state index in [4.69, 9.17) is 9.15 Å². The number of esters is 1. The summed E-state index contributed by atoms with van der Waals surface area (Å²) in [4.78, 5) is 23.3. The monoisotopic (exact) mass is 294 g/mol. The molecule has 2 atom stereocenters. The number of hydrogen-bond acceptors (Lipinski definition) is 4. The standard InChI is InChI=1S/C15H22N2O4/c1-3-20-14(18)13-8-7-11(21-13)9-16-15(19)17-12-6-4-5-10(12)2/h7-8,10,12H,3-6,9H2,1-2H3,(H2,16,17,19)/t10-,12-/m0/s1. The van der Waals surface area contributed by atoms with Crippen LogP contribution in [0.25, 0.3) is 0 Å². The summed E-state index contributed by atoms with van der Waals surface area (Å²) < 4.78 is 10.2. The van der Waals surface area contributed by atoms with Crippen molar-refractivity contribution in [2.24, 2.45) is 5.92 Å². The minimum Gasteiger partial charge on any atom is -0.460 e. The van der Waals surface area contributed by atoms with E-state index in [1.165, 1.54) is 0 Å². The highest BCUT2D eigenvalue weighted by Crippen LogP contribution is 2.24. The Morgan fingerprint density at radius 3 is 2.86 bits per heavy atom. The lowest BCUT2D eigenvalue weighted by atomic mass is 10.1. The molecule has 1 aromatic rings. The molecule has 1 aliphatic carbocycles. The van der Waals surface area contributed by atoms with Crippen LogP contribution in [0, 0.1) is 5.92 Å². The Hall–Kier alpha value is -1.98. The fraction of sp³-hybridized carbons (Fsp3) is 0.600. The van der Waals surface area contributed by atoms with Gasteiger partial charge in [-0.15, -0.1) is 0 Å². The maximum absolute atomic E-state index is 11.8. The minimum atomic E-state index is -0.493. The molecule has 6 heteroatoms. The number of ether oxygens (including phenoxy) is 1. The molecule has 0 bridgehead atoms. The summed E-state index contributed by atoms with van der Waals surface area (Å²) in [6.07, 6.45) is 3.35. The maximum Gasteiger partial charge on any atom is 0.374 e. The van der Waals surface area contributed by atoms with Crippen molar-refractivity contribution in [3.63, 3.8) is 0 Å². The quantitative estimate of drug-likeness (QED) is 0.817. The molecule has 1 aliphatic rings. The van der Waals surface area contributed by atoms with Gasteiger partial charge in [-0.3, -0.25) is 0 Å². The Kier molecular flexibility index (Phi) is 5.25. The van der Waals surface area contributed by atoms with Crippen molar-refractivity contribution in [3.8, 4) is 0 Å². The SMILES string of the molecule is CCOC(=O)c1ccc(CNC(=O)N[C@H]2CCC[C@@H]2C)o1. The number of hydrogen-bond donors (Lipinski definition) is 2. The van der Waals surface area contributed by atoms with Crippen LogP contribution in [-0.2, 0) is 11.3 Å². The third-order valence-corrected chi connectivity index (χ3v) is 3.74. The second-order valence-electron chi connectivity index (χ2n) is 5.33. The molecular weight excluding hydrogens is 272 g/mol. The van der Waals surface area contributed by atoms with Gasteiger partial charge < -0.3 is 19.8 Å². The topological polar surface area (TPSA) is 80.6 Å². The molecule has 0 saturated heterocycles. The maximum atomic E-state index is 11.8. The summed E-state index contributed by atoms with van der Waals surface area (Å²) in [5.74, 6) is 0.703. The van der Waals surface area contributed by atoms with Crippen LogP contribution in [0.4, 0.5) is 4.79 Å². The van der Waals surface area contributed by atoms with Gasteiger partial charge in [0.25, 0.3) is 0 Å². The van der Waals surface area contributed by atoms with Gasteiger partial charge in [0.1, 0.15) is 5.76 Å². The van der Waals surface area contributed by atoms with Crippen LogP contribution in [0.5, 0.6) is 0 Å². The van der Waals surface area contributed by atoms with E-state index in [1.807, 2.05) is 0 Å². The van der Waals surface area contributed by atoms with E-state index in [0.717, 1.165) is 19.3 Å². The second-order valence-corrected chi connectivity index (χ2v) is 5.33. The third-order valence-electron chi connectivity index (χ3n) is 3.74. The lowest BCUT2D eigenvalue weighted by molar-refractivity contribution is 0.0488. The highest BCUT2D eigenvalue weighted by atomic mass is 16.5. The van der Waals surface area contributed by atoms with Gasteiger partial charge >= 0.3 is 12.0 Å². The minimum absolute atomic E-state index is 0.151. The van der Waals surface area contributed by atoms with Crippen molar-refractivity contribution in [1.82, 2.24) is 10.6 Å². The van der Waals surface area contributed by atoms with Crippen LogP contribution < -0.4 is 10.6 Å². The largest absolute Gasteiger partial charge is 0.460 e. The molecule has 116 valence electrons. The molecule has 1 heterocycles. The molecule has 1 fully saturated rings. The first-order valence-electron chi connectivity index (χ1n) is 7.40. The molecule has 21 heavy (non-hydrogen) atoms. The van der Waals surface area contributed by atoms with Crippen LogP contribution in [0.2, 0.25) is 0 Å². The number of furan rings is 1. The summed E-state index contributed by atoms with van der Waals surface area (Å²) in [5, 5.41) is 5.70. The predicted octanol–water partition coefficient (Wildman–Crippen LogP) is 2.44. The van der Waals surface area contributed by atoms with E-state index >= 15 is 0 Å². The van der Waals surface area contributed by atoms with E-state index in [0.29, 0.717) is 18.3 Å². The van der Waals surface area contributed by atoms with Crippen molar-refractivity contribution in [1.29, 1.82) is 0 Å². The fourth-order valence-corrected chi connectivity index (χ4v) is 2.53. The Bertz CT molecular complexity index is 498. The van der Waals surface area contributed by atoms with Crippen LogP contribution in [0.1, 0.15) is 49.4 Å². The van der Waals surface area contributed by atoms with Crippen LogP contribution in [-0.4, -0.2) is 24.6 Å². The number of carbonyl (C=O) groups excluding carboxylic acids is 2. The molecule has 0 spiro atoms. The van der Waals surface area contributed by atoms with Crippen molar-refractivity contribution in [3.05, 3.63) is 23.7 Å². The molecule has 2 N–H and O–H groups in total. The zero-order chi connectivity index (χ0) is 15.2. The second kappa shape index (κ2) is 7.15. The Morgan fingerprint density at radius 2 is 2.19 bits per heavy atom. The van der Waals surface area contributed by atoms with Crippen molar-refractivity contribution >= 4 is 12.0 Å². The number of urea groups is 1. The van der Waals surface area contributed by atoms with Gasteiger partial charge in [0.15, 0.2) is 0 Å². The zero-order valence-corrected chi connectivity index (χ0v) is 12.5. The van der Waals surface area contributed by atoms with Crippen LogP contribution in [0.15, 0.2) is 16.5 Å². The summed E-state index contributed by atoms with van der Waals surface area (Å²) in [7, 11) is 0. The molecule has 2 rings (SSSR count). The van der Waals surface area contributed by atoms with Gasteiger partial charge in [-0.2, -0.15) is 0 Å². The van der Waals surface area contributed by atoms with E-state index in [9.17, 15) is 9.59 Å². The smallest absolute Gasteiger partial charge is 0.374 e. The average Bonchev–Trinajstić information content (AvgIpc) is 3.07. The normalized spacial score (nSPS) is 21.0. The molecule has 0 aliphatic heterocycles.